The average molecular weight is 548 g/mol. The molecule has 2 aliphatic rings. The number of aryl methyl sites for hydroxylation is 2. The smallest absolute Gasteiger partial charge is 0.271 e. The van der Waals surface area contributed by atoms with Crippen LogP contribution in [0.15, 0.2) is 88.3 Å². The fourth-order valence-corrected chi connectivity index (χ4v) is 7.21. The number of rotatable bonds is 5. The van der Waals surface area contributed by atoms with Gasteiger partial charge in [0.05, 0.1) is 30.5 Å². The highest BCUT2D eigenvalue weighted by atomic mass is 32.1. The van der Waals surface area contributed by atoms with E-state index in [-0.39, 0.29) is 11.6 Å². The lowest BCUT2D eigenvalue weighted by atomic mass is 9.83. The van der Waals surface area contributed by atoms with Gasteiger partial charge in [-0.2, -0.15) is 0 Å². The van der Waals surface area contributed by atoms with Gasteiger partial charge in [0.25, 0.3) is 5.56 Å². The van der Waals surface area contributed by atoms with Crippen LogP contribution in [0.5, 0.6) is 11.5 Å². The van der Waals surface area contributed by atoms with Crippen LogP contribution in [0.1, 0.15) is 41.6 Å². The number of fused-ring (bicyclic) bond motifs is 4. The van der Waals surface area contributed by atoms with Crippen LogP contribution < -0.4 is 24.4 Å². The number of nitrogens with zero attached hydrogens (tertiary/aromatic N) is 3. The molecule has 200 valence electrons. The molecule has 3 aromatic carbocycles. The number of methoxy groups -OCH3 is 2. The second-order valence-corrected chi connectivity index (χ2v) is 11.1. The summed E-state index contributed by atoms with van der Waals surface area (Å²) in [5.41, 5.74) is 7.57. The molecular formula is C33H29N3O3S. The second kappa shape index (κ2) is 9.68. The Hall–Kier alpha value is -4.36. The topological polar surface area (TPSA) is 57.8 Å². The van der Waals surface area contributed by atoms with Gasteiger partial charge < -0.3 is 14.0 Å². The molecule has 0 spiro atoms. The molecule has 1 unspecified atom stereocenters. The van der Waals surface area contributed by atoms with Crippen molar-refractivity contribution in [2.45, 2.75) is 32.4 Å². The third-order valence-corrected chi connectivity index (χ3v) is 9.03. The molecule has 1 aliphatic carbocycles. The molecule has 3 heterocycles. The van der Waals surface area contributed by atoms with Crippen LogP contribution in [0.2, 0.25) is 0 Å². The third kappa shape index (κ3) is 3.68. The average Bonchev–Trinajstić information content (AvgIpc) is 3.52. The zero-order chi connectivity index (χ0) is 27.4. The van der Waals surface area contributed by atoms with E-state index >= 15 is 0 Å². The molecule has 0 N–H and O–H groups in total. The zero-order valence-corrected chi connectivity index (χ0v) is 23.5. The Morgan fingerprint density at radius 1 is 1.00 bits per heavy atom. The Morgan fingerprint density at radius 3 is 2.65 bits per heavy atom. The maximum atomic E-state index is 14.3. The van der Waals surface area contributed by atoms with Gasteiger partial charge in [-0.1, -0.05) is 65.9 Å². The summed E-state index contributed by atoms with van der Waals surface area (Å²) in [5.74, 6) is 1.29. The molecule has 0 saturated carbocycles. The van der Waals surface area contributed by atoms with Crippen LogP contribution in [0.3, 0.4) is 0 Å². The Labute approximate surface area is 235 Å². The van der Waals surface area contributed by atoms with Crippen molar-refractivity contribution in [1.82, 2.24) is 9.13 Å². The molecular weight excluding hydrogens is 518 g/mol. The quantitative estimate of drug-likeness (QED) is 0.300. The minimum atomic E-state index is -0.344. The maximum absolute atomic E-state index is 14.3. The Morgan fingerprint density at radius 2 is 1.82 bits per heavy atom. The molecule has 0 bridgehead atoms. The number of allylic oxidation sites excluding steroid dienone is 1. The fraction of sp³-hybridized carbons (Fsp3) is 0.212. The van der Waals surface area contributed by atoms with Crippen LogP contribution in [0.25, 0.3) is 22.7 Å². The van der Waals surface area contributed by atoms with Gasteiger partial charge in [-0.15, -0.1) is 0 Å². The van der Waals surface area contributed by atoms with Gasteiger partial charge in [0, 0.05) is 40.3 Å². The van der Waals surface area contributed by atoms with E-state index in [2.05, 4.69) is 60.2 Å². The number of hydrogen-bond donors (Lipinski definition) is 0. The molecule has 7 rings (SSSR count). The summed E-state index contributed by atoms with van der Waals surface area (Å²) in [6.07, 6.45) is 5.87. The van der Waals surface area contributed by atoms with Gasteiger partial charge >= 0.3 is 0 Å². The lowest BCUT2D eigenvalue weighted by Gasteiger charge is -2.31. The van der Waals surface area contributed by atoms with E-state index in [4.69, 9.17) is 14.5 Å². The van der Waals surface area contributed by atoms with Crippen LogP contribution in [0, 0.1) is 0 Å². The number of aromatic nitrogens is 2. The molecule has 2 aromatic heterocycles. The van der Waals surface area contributed by atoms with E-state index in [1.54, 1.807) is 14.2 Å². The van der Waals surface area contributed by atoms with Gasteiger partial charge in [0.2, 0.25) is 0 Å². The first-order chi connectivity index (χ1) is 19.6. The molecule has 5 aromatic rings. The molecule has 0 radical (unpaired) electrons. The zero-order valence-electron chi connectivity index (χ0n) is 22.7. The summed E-state index contributed by atoms with van der Waals surface area (Å²) in [6.45, 7) is 2.99. The largest absolute Gasteiger partial charge is 0.493 e. The second-order valence-electron chi connectivity index (χ2n) is 10.1. The van der Waals surface area contributed by atoms with Crippen molar-refractivity contribution in [3.05, 3.63) is 120 Å². The minimum Gasteiger partial charge on any atom is -0.493 e. The molecule has 0 saturated heterocycles. The summed E-state index contributed by atoms with van der Waals surface area (Å²) < 4.78 is 16.3. The number of hydrogen-bond acceptors (Lipinski definition) is 5. The van der Waals surface area contributed by atoms with Gasteiger partial charge in [-0.3, -0.25) is 9.36 Å². The van der Waals surface area contributed by atoms with Crippen molar-refractivity contribution in [2.24, 2.45) is 4.99 Å². The van der Waals surface area contributed by atoms with Crippen LogP contribution in [-0.4, -0.2) is 23.4 Å². The molecule has 7 heteroatoms. The SMILES string of the molecule is CCn1cc(C=c2sc3n(c2=O)C(c2cccc(OC)c2OC)C2=C(N=3)c3ccccc3CC2)c2ccccc21. The molecule has 40 heavy (non-hydrogen) atoms. The summed E-state index contributed by atoms with van der Waals surface area (Å²) in [7, 11) is 3.29. The van der Waals surface area contributed by atoms with Crippen molar-refractivity contribution in [1.29, 1.82) is 0 Å². The van der Waals surface area contributed by atoms with Crippen molar-refractivity contribution in [3.63, 3.8) is 0 Å². The Balaban J connectivity index is 1.52. The van der Waals surface area contributed by atoms with Gasteiger partial charge in [0.15, 0.2) is 16.3 Å². The lowest BCUT2D eigenvalue weighted by molar-refractivity contribution is 0.348. The highest BCUT2D eigenvalue weighted by molar-refractivity contribution is 7.07. The van der Waals surface area contributed by atoms with Crippen LogP contribution >= 0.6 is 11.3 Å². The van der Waals surface area contributed by atoms with E-state index < -0.39 is 0 Å². The highest BCUT2D eigenvalue weighted by Gasteiger charge is 2.34. The number of para-hydroxylation sites is 2. The summed E-state index contributed by atoms with van der Waals surface area (Å²) in [4.78, 5) is 20.1. The molecule has 1 atom stereocenters. The van der Waals surface area contributed by atoms with E-state index in [1.807, 2.05) is 34.9 Å². The van der Waals surface area contributed by atoms with Crippen molar-refractivity contribution in [2.75, 3.05) is 14.2 Å². The summed E-state index contributed by atoms with van der Waals surface area (Å²) in [5, 5.41) is 1.13. The van der Waals surface area contributed by atoms with E-state index in [9.17, 15) is 4.79 Å². The normalized spacial score (nSPS) is 16.4. The van der Waals surface area contributed by atoms with E-state index in [1.165, 1.54) is 16.9 Å². The maximum Gasteiger partial charge on any atom is 0.271 e. The minimum absolute atomic E-state index is 0.0441. The van der Waals surface area contributed by atoms with Crippen molar-refractivity contribution < 1.29 is 9.47 Å². The molecule has 1 aliphatic heterocycles. The summed E-state index contributed by atoms with van der Waals surface area (Å²) >= 11 is 1.45. The number of benzene rings is 3. The van der Waals surface area contributed by atoms with E-state index in [0.29, 0.717) is 20.8 Å². The molecule has 0 amide bonds. The number of ether oxygens (including phenoxy) is 2. The predicted octanol–water partition coefficient (Wildman–Crippen LogP) is 5.31. The van der Waals surface area contributed by atoms with Crippen molar-refractivity contribution >= 4 is 34.0 Å². The van der Waals surface area contributed by atoms with Crippen molar-refractivity contribution in [3.8, 4) is 11.5 Å². The van der Waals surface area contributed by atoms with E-state index in [0.717, 1.165) is 58.2 Å². The first kappa shape index (κ1) is 24.7. The Bertz CT molecular complexity index is 2010. The third-order valence-electron chi connectivity index (χ3n) is 8.05. The fourth-order valence-electron chi connectivity index (χ4n) is 6.22. The van der Waals surface area contributed by atoms with Gasteiger partial charge in [-0.25, -0.2) is 4.99 Å². The first-order valence-corrected chi connectivity index (χ1v) is 14.4. The van der Waals surface area contributed by atoms with Crippen LogP contribution in [0.4, 0.5) is 0 Å². The first-order valence-electron chi connectivity index (χ1n) is 13.5. The van der Waals surface area contributed by atoms with Crippen LogP contribution in [-0.2, 0) is 13.0 Å². The summed E-state index contributed by atoms with van der Waals surface area (Å²) in [6, 6.07) is 22.3. The molecule has 6 nitrogen and oxygen atoms in total. The lowest BCUT2D eigenvalue weighted by Crippen LogP contribution is -2.39. The predicted molar refractivity (Wildman–Crippen MR) is 160 cm³/mol. The highest BCUT2D eigenvalue weighted by Crippen LogP contribution is 2.45. The standard InChI is InChI=1S/C33H29N3O3S/c1-4-35-19-21(22-11-7-8-14-26(22)35)18-28-32(37)36-30(25-13-9-15-27(38-2)31(25)39-3)24-17-16-20-10-5-6-12-23(20)29(24)34-33(36)40-28/h5-15,18-19,30H,4,16-17H2,1-3H3. The monoisotopic (exact) mass is 547 g/mol. The Kier molecular flexibility index (Phi) is 5.97. The van der Waals surface area contributed by atoms with Gasteiger partial charge in [-0.05, 0) is 49.1 Å². The molecule has 0 fully saturated rings. The number of thiazole rings is 1. The van der Waals surface area contributed by atoms with Gasteiger partial charge in [0.1, 0.15) is 0 Å².